The van der Waals surface area contributed by atoms with Gasteiger partial charge in [0.15, 0.2) is 0 Å². The van der Waals surface area contributed by atoms with Crippen LogP contribution in [0.4, 0.5) is 13.2 Å². The average Bonchev–Trinajstić information content (AvgIpc) is 2.94. The number of aromatic nitrogens is 1. The summed E-state index contributed by atoms with van der Waals surface area (Å²) in [4.78, 5) is 16.5. The molecule has 10 heteroatoms. The van der Waals surface area contributed by atoms with Crippen LogP contribution in [0.25, 0.3) is 10.9 Å². The number of carbonyl (C=O) groups excluding carboxylic acids is 1. The second-order valence-electron chi connectivity index (χ2n) is 8.79. The topological polar surface area (TPSA) is 92.7 Å². The van der Waals surface area contributed by atoms with Gasteiger partial charge in [0, 0.05) is 18.1 Å². The number of nitrogens with zero attached hydrogens (tertiary/aromatic N) is 1. The Bertz CT molecular complexity index is 1370. The largest absolute Gasteiger partial charge is 0.491 e. The molecule has 0 radical (unpaired) electrons. The summed E-state index contributed by atoms with van der Waals surface area (Å²) in [7, 11) is 0. The predicted molar refractivity (Wildman–Crippen MR) is 141 cm³/mol. The van der Waals surface area contributed by atoms with Crippen molar-refractivity contribution in [2.24, 2.45) is 0 Å². The minimum Gasteiger partial charge on any atom is -0.491 e. The molecule has 3 N–H and O–H groups in total. The van der Waals surface area contributed by atoms with Crippen molar-refractivity contribution < 1.29 is 32.5 Å². The fraction of sp³-hybridized carbons (Fsp3) is 0.241. The van der Waals surface area contributed by atoms with Crippen LogP contribution in [0.2, 0.25) is 0 Å². The maximum absolute atomic E-state index is 12.5. The van der Waals surface area contributed by atoms with Crippen molar-refractivity contribution in [3.8, 4) is 17.2 Å². The summed E-state index contributed by atoms with van der Waals surface area (Å²) in [5.41, 5.74) is 1.34. The van der Waals surface area contributed by atoms with Crippen LogP contribution in [0.5, 0.6) is 17.2 Å². The highest BCUT2D eigenvalue weighted by molar-refractivity contribution is 6.06. The third kappa shape index (κ3) is 8.42. The molecule has 0 aliphatic rings. The number of fused-ring (bicyclic) bond motifs is 1. The fourth-order valence-electron chi connectivity index (χ4n) is 3.82. The van der Waals surface area contributed by atoms with Gasteiger partial charge in [-0.05, 0) is 61.0 Å². The standard InChI is InChI=1S/C29H28F3N3O4/c30-29(31,32)19-35-28(37)25-8-4-7-24-26(14-16-34-27(24)25)39-23-11-9-20(10-12-23)13-15-33-17-21(36)18-38-22-5-2-1-3-6-22/h1-12,14,16,21,33,36H,13,15,17-19H2,(H,35,37). The molecule has 1 unspecified atom stereocenters. The van der Waals surface area contributed by atoms with Crippen molar-refractivity contribution in [3.05, 3.63) is 96.2 Å². The van der Waals surface area contributed by atoms with Crippen LogP contribution in [0, 0.1) is 0 Å². The molecule has 0 aliphatic carbocycles. The zero-order valence-electron chi connectivity index (χ0n) is 20.9. The second kappa shape index (κ2) is 13.1. The van der Waals surface area contributed by atoms with Gasteiger partial charge in [-0.3, -0.25) is 9.78 Å². The summed E-state index contributed by atoms with van der Waals surface area (Å²) in [6, 6.07) is 23.1. The van der Waals surface area contributed by atoms with E-state index in [1.807, 2.05) is 59.9 Å². The number of para-hydroxylation sites is 2. The van der Waals surface area contributed by atoms with Crippen molar-refractivity contribution in [2.75, 3.05) is 26.2 Å². The van der Waals surface area contributed by atoms with Crippen LogP contribution >= 0.6 is 0 Å². The lowest BCUT2D eigenvalue weighted by Gasteiger charge is -2.13. The third-order valence-electron chi connectivity index (χ3n) is 5.73. The summed E-state index contributed by atoms with van der Waals surface area (Å²) in [6.07, 6.45) is -2.96. The molecule has 4 rings (SSSR count). The number of rotatable bonds is 12. The minimum absolute atomic E-state index is 0.0294. The van der Waals surface area contributed by atoms with E-state index in [0.717, 1.165) is 12.0 Å². The Kier molecular flexibility index (Phi) is 9.35. The van der Waals surface area contributed by atoms with Crippen LogP contribution in [-0.4, -0.2) is 54.5 Å². The molecule has 39 heavy (non-hydrogen) atoms. The molecule has 0 saturated carbocycles. The number of alkyl halides is 3. The number of nitrogens with one attached hydrogen (secondary N) is 2. The van der Waals surface area contributed by atoms with E-state index >= 15 is 0 Å². The van der Waals surface area contributed by atoms with Gasteiger partial charge in [0.1, 0.15) is 36.5 Å². The van der Waals surface area contributed by atoms with Gasteiger partial charge in [0.05, 0.1) is 11.1 Å². The molecule has 3 aromatic carbocycles. The first kappa shape index (κ1) is 27.9. The Morgan fingerprint density at radius 2 is 1.72 bits per heavy atom. The number of halogens is 3. The molecule has 204 valence electrons. The number of hydrogen-bond donors (Lipinski definition) is 3. The van der Waals surface area contributed by atoms with Gasteiger partial charge < -0.3 is 25.2 Å². The molecule has 0 saturated heterocycles. The molecule has 1 atom stereocenters. The molecule has 0 spiro atoms. The number of pyridine rings is 1. The quantitative estimate of drug-likeness (QED) is 0.222. The van der Waals surface area contributed by atoms with E-state index < -0.39 is 24.7 Å². The minimum atomic E-state index is -4.51. The SMILES string of the molecule is O=C(NCC(F)(F)F)c1cccc2c(Oc3ccc(CCNCC(O)COc4ccccc4)cc3)ccnc12. The number of carbonyl (C=O) groups is 1. The normalized spacial score (nSPS) is 12.2. The summed E-state index contributed by atoms with van der Waals surface area (Å²) < 4.78 is 49.1. The fourth-order valence-corrected chi connectivity index (χ4v) is 3.82. The highest BCUT2D eigenvalue weighted by Crippen LogP contribution is 2.30. The van der Waals surface area contributed by atoms with Crippen molar-refractivity contribution in [3.63, 3.8) is 0 Å². The molecular weight excluding hydrogens is 511 g/mol. The number of benzene rings is 3. The number of hydrogen-bond acceptors (Lipinski definition) is 6. The lowest BCUT2D eigenvalue weighted by molar-refractivity contribution is -0.123. The van der Waals surface area contributed by atoms with E-state index in [0.29, 0.717) is 35.7 Å². The first-order chi connectivity index (χ1) is 18.8. The summed E-state index contributed by atoms with van der Waals surface area (Å²) in [5.74, 6) is 0.827. The summed E-state index contributed by atoms with van der Waals surface area (Å²) >= 11 is 0. The van der Waals surface area contributed by atoms with E-state index in [1.165, 1.54) is 12.3 Å². The van der Waals surface area contributed by atoms with Crippen LogP contribution in [0.15, 0.2) is 85.1 Å². The van der Waals surface area contributed by atoms with Gasteiger partial charge in [-0.1, -0.05) is 36.4 Å². The van der Waals surface area contributed by atoms with E-state index in [9.17, 15) is 23.1 Å². The van der Waals surface area contributed by atoms with E-state index in [1.54, 1.807) is 18.2 Å². The second-order valence-corrected chi connectivity index (χ2v) is 8.79. The molecule has 1 aromatic heterocycles. The molecule has 0 bridgehead atoms. The smallest absolute Gasteiger partial charge is 0.405 e. The lowest BCUT2D eigenvalue weighted by Crippen LogP contribution is -2.33. The van der Waals surface area contributed by atoms with Crippen molar-refractivity contribution in [1.82, 2.24) is 15.6 Å². The molecule has 7 nitrogen and oxygen atoms in total. The average molecular weight is 540 g/mol. The molecule has 1 amide bonds. The van der Waals surface area contributed by atoms with E-state index in [-0.39, 0.29) is 17.7 Å². The molecule has 1 heterocycles. The van der Waals surface area contributed by atoms with Gasteiger partial charge in [-0.15, -0.1) is 0 Å². The molecule has 4 aromatic rings. The molecular formula is C29H28F3N3O4. The van der Waals surface area contributed by atoms with Crippen LogP contribution < -0.4 is 20.1 Å². The highest BCUT2D eigenvalue weighted by atomic mass is 19.4. The Labute approximate surface area is 223 Å². The van der Waals surface area contributed by atoms with Crippen molar-refractivity contribution >= 4 is 16.8 Å². The summed E-state index contributed by atoms with van der Waals surface area (Å²) in [6.45, 7) is -0.161. The Hall–Kier alpha value is -4.15. The lowest BCUT2D eigenvalue weighted by atomic mass is 10.1. The van der Waals surface area contributed by atoms with Gasteiger partial charge in [-0.25, -0.2) is 0 Å². The summed E-state index contributed by atoms with van der Waals surface area (Å²) in [5, 5.41) is 15.7. The van der Waals surface area contributed by atoms with Crippen molar-refractivity contribution in [1.29, 1.82) is 0 Å². The molecule has 0 aliphatic heterocycles. The highest BCUT2D eigenvalue weighted by Gasteiger charge is 2.28. The number of aliphatic hydroxyl groups excluding tert-OH is 1. The van der Waals surface area contributed by atoms with E-state index in [2.05, 4.69) is 10.3 Å². The first-order valence-electron chi connectivity index (χ1n) is 12.3. The monoisotopic (exact) mass is 539 g/mol. The van der Waals surface area contributed by atoms with E-state index in [4.69, 9.17) is 9.47 Å². The molecule has 0 fully saturated rings. The van der Waals surface area contributed by atoms with Crippen molar-refractivity contribution in [2.45, 2.75) is 18.7 Å². The number of ether oxygens (including phenoxy) is 2. The van der Waals surface area contributed by atoms with Crippen LogP contribution in [0.3, 0.4) is 0 Å². The maximum Gasteiger partial charge on any atom is 0.405 e. The van der Waals surface area contributed by atoms with Gasteiger partial charge in [-0.2, -0.15) is 13.2 Å². The predicted octanol–water partition coefficient (Wildman–Crippen LogP) is 4.89. The zero-order chi connectivity index (χ0) is 27.7. The van der Waals surface area contributed by atoms with Crippen LogP contribution in [-0.2, 0) is 6.42 Å². The van der Waals surface area contributed by atoms with Gasteiger partial charge in [0.2, 0.25) is 0 Å². The van der Waals surface area contributed by atoms with Gasteiger partial charge >= 0.3 is 6.18 Å². The first-order valence-corrected chi connectivity index (χ1v) is 12.3. The Morgan fingerprint density at radius 3 is 2.46 bits per heavy atom. The van der Waals surface area contributed by atoms with Gasteiger partial charge in [0.25, 0.3) is 5.91 Å². The Morgan fingerprint density at radius 1 is 0.949 bits per heavy atom. The third-order valence-corrected chi connectivity index (χ3v) is 5.73. The zero-order valence-corrected chi connectivity index (χ0v) is 20.9. The maximum atomic E-state index is 12.5. The van der Waals surface area contributed by atoms with Crippen LogP contribution in [0.1, 0.15) is 15.9 Å². The number of amides is 1. The number of aliphatic hydroxyl groups is 1. The Balaban J connectivity index is 1.29.